The van der Waals surface area contributed by atoms with Crippen LogP contribution in [-0.4, -0.2) is 25.1 Å². The maximum Gasteiger partial charge on any atom is 0.260 e. The third kappa shape index (κ3) is 4.31. The first-order valence-corrected chi connectivity index (χ1v) is 6.80. The Labute approximate surface area is 116 Å². The summed E-state index contributed by atoms with van der Waals surface area (Å²) < 4.78 is 6.60. The standard InChI is InChI=1S/C13H19BrN2O2/c1-3-16-13(17)9(2)18-11-4-5-12(14)10(8-11)6-7-15/h4-5,8-9H,3,6-7,15H2,1-2H3,(H,16,17). The molecule has 0 aliphatic rings. The third-order valence-electron chi connectivity index (χ3n) is 2.46. The number of nitrogens with two attached hydrogens (primary N) is 1. The van der Waals surface area contributed by atoms with Gasteiger partial charge in [-0.1, -0.05) is 15.9 Å². The number of amides is 1. The Morgan fingerprint density at radius 3 is 2.89 bits per heavy atom. The molecule has 0 aliphatic heterocycles. The molecular weight excluding hydrogens is 296 g/mol. The van der Waals surface area contributed by atoms with E-state index in [1.165, 1.54) is 0 Å². The second-order valence-electron chi connectivity index (χ2n) is 3.95. The van der Waals surface area contributed by atoms with Crippen molar-refractivity contribution in [2.24, 2.45) is 5.73 Å². The van der Waals surface area contributed by atoms with Crippen LogP contribution in [0.3, 0.4) is 0 Å². The van der Waals surface area contributed by atoms with E-state index in [2.05, 4.69) is 21.2 Å². The summed E-state index contributed by atoms with van der Waals surface area (Å²) in [7, 11) is 0. The molecule has 100 valence electrons. The molecule has 3 N–H and O–H groups in total. The van der Waals surface area contributed by atoms with Gasteiger partial charge in [0, 0.05) is 11.0 Å². The summed E-state index contributed by atoms with van der Waals surface area (Å²) in [5, 5.41) is 2.72. The van der Waals surface area contributed by atoms with Gasteiger partial charge in [0.25, 0.3) is 5.91 Å². The van der Waals surface area contributed by atoms with Gasteiger partial charge < -0.3 is 15.8 Å². The van der Waals surface area contributed by atoms with Crippen molar-refractivity contribution >= 4 is 21.8 Å². The molecule has 0 heterocycles. The lowest BCUT2D eigenvalue weighted by Gasteiger charge is -2.15. The highest BCUT2D eigenvalue weighted by Gasteiger charge is 2.13. The number of ether oxygens (including phenoxy) is 1. The van der Waals surface area contributed by atoms with Crippen LogP contribution in [0.4, 0.5) is 0 Å². The second-order valence-corrected chi connectivity index (χ2v) is 4.80. The first kappa shape index (κ1) is 15.0. The summed E-state index contributed by atoms with van der Waals surface area (Å²) in [5.74, 6) is 0.571. The van der Waals surface area contributed by atoms with E-state index in [0.29, 0.717) is 18.8 Å². The zero-order valence-electron chi connectivity index (χ0n) is 10.7. The van der Waals surface area contributed by atoms with E-state index >= 15 is 0 Å². The molecular formula is C13H19BrN2O2. The fourth-order valence-corrected chi connectivity index (χ4v) is 1.99. The molecule has 1 aromatic carbocycles. The molecule has 1 rings (SSSR count). The normalized spacial score (nSPS) is 12.0. The molecule has 0 aromatic heterocycles. The Morgan fingerprint density at radius 1 is 1.56 bits per heavy atom. The number of hydrogen-bond acceptors (Lipinski definition) is 3. The predicted molar refractivity (Wildman–Crippen MR) is 75.7 cm³/mol. The zero-order chi connectivity index (χ0) is 13.5. The molecule has 0 saturated heterocycles. The van der Waals surface area contributed by atoms with Crippen molar-refractivity contribution in [2.75, 3.05) is 13.1 Å². The lowest BCUT2D eigenvalue weighted by atomic mass is 10.1. The minimum absolute atomic E-state index is 0.110. The molecule has 0 radical (unpaired) electrons. The minimum Gasteiger partial charge on any atom is -0.481 e. The number of nitrogens with one attached hydrogen (secondary N) is 1. The summed E-state index contributed by atoms with van der Waals surface area (Å²) in [5.41, 5.74) is 6.62. The highest BCUT2D eigenvalue weighted by Crippen LogP contribution is 2.23. The predicted octanol–water partition coefficient (Wildman–Crippen LogP) is 1.85. The summed E-state index contributed by atoms with van der Waals surface area (Å²) in [6.07, 6.45) is 0.268. The molecule has 0 spiro atoms. The Balaban J connectivity index is 2.72. The third-order valence-corrected chi connectivity index (χ3v) is 3.24. The summed E-state index contributed by atoms with van der Waals surface area (Å²) in [6, 6.07) is 5.65. The van der Waals surface area contributed by atoms with Crippen LogP contribution in [0.1, 0.15) is 19.4 Å². The molecule has 4 nitrogen and oxygen atoms in total. The monoisotopic (exact) mass is 314 g/mol. The van der Waals surface area contributed by atoms with Crippen LogP contribution < -0.4 is 15.8 Å². The smallest absolute Gasteiger partial charge is 0.260 e. The SMILES string of the molecule is CCNC(=O)C(C)Oc1ccc(Br)c(CCN)c1. The molecule has 0 aliphatic carbocycles. The highest BCUT2D eigenvalue weighted by atomic mass is 79.9. The van der Waals surface area contributed by atoms with Gasteiger partial charge in [0.2, 0.25) is 0 Å². The molecule has 1 aromatic rings. The lowest BCUT2D eigenvalue weighted by molar-refractivity contribution is -0.127. The van der Waals surface area contributed by atoms with Crippen molar-refractivity contribution in [1.82, 2.24) is 5.32 Å². The number of carbonyl (C=O) groups is 1. The van der Waals surface area contributed by atoms with Gasteiger partial charge >= 0.3 is 0 Å². The molecule has 0 saturated carbocycles. The maximum absolute atomic E-state index is 11.6. The fourth-order valence-electron chi connectivity index (χ4n) is 1.55. The lowest BCUT2D eigenvalue weighted by Crippen LogP contribution is -2.36. The Morgan fingerprint density at radius 2 is 2.28 bits per heavy atom. The molecule has 1 unspecified atom stereocenters. The van der Waals surface area contributed by atoms with E-state index in [1.807, 2.05) is 25.1 Å². The van der Waals surface area contributed by atoms with Crippen molar-refractivity contribution in [2.45, 2.75) is 26.4 Å². The van der Waals surface area contributed by atoms with Gasteiger partial charge in [-0.25, -0.2) is 0 Å². The molecule has 5 heteroatoms. The average Bonchev–Trinajstić information content (AvgIpc) is 2.34. The molecule has 18 heavy (non-hydrogen) atoms. The fraction of sp³-hybridized carbons (Fsp3) is 0.462. The van der Waals surface area contributed by atoms with Crippen LogP contribution in [0.25, 0.3) is 0 Å². The van der Waals surface area contributed by atoms with Gasteiger partial charge in [-0.2, -0.15) is 0 Å². The Bertz CT molecular complexity index is 410. The van der Waals surface area contributed by atoms with Crippen molar-refractivity contribution in [1.29, 1.82) is 0 Å². The molecule has 0 fully saturated rings. The van der Waals surface area contributed by atoms with E-state index < -0.39 is 6.10 Å². The highest BCUT2D eigenvalue weighted by molar-refractivity contribution is 9.10. The van der Waals surface area contributed by atoms with E-state index in [-0.39, 0.29) is 5.91 Å². The Kier molecular flexibility index (Phi) is 6.15. The molecule has 0 bridgehead atoms. The van der Waals surface area contributed by atoms with Crippen LogP contribution in [0.2, 0.25) is 0 Å². The number of rotatable bonds is 6. The second kappa shape index (κ2) is 7.38. The van der Waals surface area contributed by atoms with Crippen molar-refractivity contribution in [3.05, 3.63) is 28.2 Å². The summed E-state index contributed by atoms with van der Waals surface area (Å²) in [4.78, 5) is 11.6. The first-order valence-electron chi connectivity index (χ1n) is 6.01. The van der Waals surface area contributed by atoms with Gasteiger partial charge in [0.15, 0.2) is 6.10 Å². The number of hydrogen-bond donors (Lipinski definition) is 2. The summed E-state index contributed by atoms with van der Waals surface area (Å²) in [6.45, 7) is 4.79. The van der Waals surface area contributed by atoms with E-state index in [0.717, 1.165) is 16.5 Å². The summed E-state index contributed by atoms with van der Waals surface area (Å²) >= 11 is 3.46. The largest absolute Gasteiger partial charge is 0.481 e. The van der Waals surface area contributed by atoms with Gasteiger partial charge in [-0.05, 0) is 50.6 Å². The van der Waals surface area contributed by atoms with Crippen LogP contribution in [0, 0.1) is 0 Å². The van der Waals surface area contributed by atoms with Crippen molar-refractivity contribution in [3.8, 4) is 5.75 Å². The van der Waals surface area contributed by atoms with Gasteiger partial charge in [-0.3, -0.25) is 4.79 Å². The molecule has 1 amide bonds. The molecule has 1 atom stereocenters. The maximum atomic E-state index is 11.6. The quantitative estimate of drug-likeness (QED) is 0.842. The zero-order valence-corrected chi connectivity index (χ0v) is 12.3. The number of carbonyl (C=O) groups excluding carboxylic acids is 1. The van der Waals surface area contributed by atoms with Gasteiger partial charge in [0.05, 0.1) is 0 Å². The van der Waals surface area contributed by atoms with Crippen LogP contribution in [-0.2, 0) is 11.2 Å². The van der Waals surface area contributed by atoms with E-state index in [9.17, 15) is 4.79 Å². The van der Waals surface area contributed by atoms with Crippen molar-refractivity contribution < 1.29 is 9.53 Å². The van der Waals surface area contributed by atoms with E-state index in [4.69, 9.17) is 10.5 Å². The van der Waals surface area contributed by atoms with Crippen LogP contribution in [0.5, 0.6) is 5.75 Å². The number of benzene rings is 1. The average molecular weight is 315 g/mol. The van der Waals surface area contributed by atoms with E-state index in [1.54, 1.807) is 6.92 Å². The minimum atomic E-state index is -0.503. The van der Waals surface area contributed by atoms with Crippen LogP contribution >= 0.6 is 15.9 Å². The number of halogens is 1. The number of likely N-dealkylation sites (N-methyl/N-ethyl adjacent to an activating group) is 1. The topological polar surface area (TPSA) is 64.3 Å². The van der Waals surface area contributed by atoms with Crippen LogP contribution in [0.15, 0.2) is 22.7 Å². The Hall–Kier alpha value is -1.07. The first-order chi connectivity index (χ1) is 8.58. The van der Waals surface area contributed by atoms with Crippen molar-refractivity contribution in [3.63, 3.8) is 0 Å². The van der Waals surface area contributed by atoms with Gasteiger partial charge in [-0.15, -0.1) is 0 Å². The van der Waals surface area contributed by atoms with Gasteiger partial charge in [0.1, 0.15) is 5.75 Å².